The van der Waals surface area contributed by atoms with Gasteiger partial charge in [0.15, 0.2) is 0 Å². The Morgan fingerprint density at radius 1 is 0.920 bits per heavy atom. The highest BCUT2D eigenvalue weighted by Gasteiger charge is 2.28. The van der Waals surface area contributed by atoms with Gasteiger partial charge in [0, 0.05) is 53.7 Å². The molecule has 0 aliphatic heterocycles. The molecule has 0 saturated heterocycles. The summed E-state index contributed by atoms with van der Waals surface area (Å²) in [6.45, 7) is 5.05. The highest BCUT2D eigenvalue weighted by atomic mass is 16.2. The zero-order valence-electron chi connectivity index (χ0n) is 15.7. The van der Waals surface area contributed by atoms with Crippen molar-refractivity contribution in [1.29, 1.82) is 0 Å². The SMILES string of the molecule is CN(CC(C)(C)CN(C)C(=O)c1ccn(C)n1)C(=O)c1ccn(C)n1. The van der Waals surface area contributed by atoms with Crippen LogP contribution in [0.2, 0.25) is 0 Å². The van der Waals surface area contributed by atoms with E-state index in [1.54, 1.807) is 71.9 Å². The van der Waals surface area contributed by atoms with Crippen molar-refractivity contribution in [2.45, 2.75) is 13.8 Å². The van der Waals surface area contributed by atoms with E-state index in [0.29, 0.717) is 24.5 Å². The topological polar surface area (TPSA) is 76.3 Å². The maximum atomic E-state index is 12.4. The Kier molecular flexibility index (Phi) is 5.30. The van der Waals surface area contributed by atoms with Crippen LogP contribution < -0.4 is 0 Å². The molecule has 0 unspecified atom stereocenters. The molecule has 136 valence electrons. The third kappa shape index (κ3) is 4.68. The average Bonchev–Trinajstić information content (AvgIpc) is 3.13. The van der Waals surface area contributed by atoms with Crippen molar-refractivity contribution in [2.75, 3.05) is 27.2 Å². The second-order valence-corrected chi connectivity index (χ2v) is 7.24. The smallest absolute Gasteiger partial charge is 0.274 e. The van der Waals surface area contributed by atoms with Crippen LogP contribution in [0.1, 0.15) is 34.8 Å². The lowest BCUT2D eigenvalue weighted by Crippen LogP contribution is -2.43. The molecule has 0 saturated carbocycles. The predicted molar refractivity (Wildman–Crippen MR) is 94.1 cm³/mol. The van der Waals surface area contributed by atoms with Gasteiger partial charge in [0.2, 0.25) is 0 Å². The van der Waals surface area contributed by atoms with E-state index in [4.69, 9.17) is 0 Å². The van der Waals surface area contributed by atoms with E-state index < -0.39 is 0 Å². The molecule has 2 heterocycles. The Morgan fingerprint density at radius 3 is 1.56 bits per heavy atom. The highest BCUT2D eigenvalue weighted by Crippen LogP contribution is 2.19. The molecule has 0 spiro atoms. The summed E-state index contributed by atoms with van der Waals surface area (Å²) in [5.74, 6) is -0.264. The van der Waals surface area contributed by atoms with E-state index in [2.05, 4.69) is 10.2 Å². The summed E-state index contributed by atoms with van der Waals surface area (Å²) in [4.78, 5) is 28.2. The van der Waals surface area contributed by atoms with Crippen LogP contribution in [0.3, 0.4) is 0 Å². The second-order valence-electron chi connectivity index (χ2n) is 7.24. The number of nitrogens with zero attached hydrogens (tertiary/aromatic N) is 6. The van der Waals surface area contributed by atoms with Crippen molar-refractivity contribution in [3.8, 4) is 0 Å². The van der Waals surface area contributed by atoms with Crippen molar-refractivity contribution in [3.05, 3.63) is 35.9 Å². The molecule has 0 N–H and O–H groups in total. The first-order valence-corrected chi connectivity index (χ1v) is 8.09. The molecular weight excluding hydrogens is 320 g/mol. The number of aromatic nitrogens is 4. The van der Waals surface area contributed by atoms with Crippen LogP contribution in [0.4, 0.5) is 0 Å². The number of aryl methyl sites for hydroxylation is 2. The molecule has 0 fully saturated rings. The first kappa shape index (κ1) is 18.7. The summed E-state index contributed by atoms with van der Waals surface area (Å²) in [5.41, 5.74) is 0.552. The van der Waals surface area contributed by atoms with Gasteiger partial charge in [-0.1, -0.05) is 13.8 Å². The number of amides is 2. The summed E-state index contributed by atoms with van der Waals surface area (Å²) in [6, 6.07) is 3.39. The standard InChI is InChI=1S/C17H26N6O2/c1-17(2,11-20(3)15(24)13-7-9-22(5)18-13)12-21(4)16(25)14-8-10-23(6)19-14/h7-10H,11-12H2,1-6H3. The van der Waals surface area contributed by atoms with Crippen molar-refractivity contribution in [3.63, 3.8) is 0 Å². The van der Waals surface area contributed by atoms with E-state index in [0.717, 1.165) is 0 Å². The van der Waals surface area contributed by atoms with Crippen LogP contribution in [0, 0.1) is 5.41 Å². The van der Waals surface area contributed by atoms with Gasteiger partial charge in [-0.25, -0.2) is 0 Å². The molecule has 0 atom stereocenters. The molecule has 0 aromatic carbocycles. The Labute approximate surface area is 148 Å². The van der Waals surface area contributed by atoms with Gasteiger partial charge >= 0.3 is 0 Å². The second kappa shape index (κ2) is 7.08. The zero-order valence-corrected chi connectivity index (χ0v) is 15.7. The monoisotopic (exact) mass is 346 g/mol. The Bertz CT molecular complexity index is 699. The Hall–Kier alpha value is -2.64. The molecule has 25 heavy (non-hydrogen) atoms. The van der Waals surface area contributed by atoms with Crippen LogP contribution in [-0.2, 0) is 14.1 Å². The molecule has 2 aromatic rings. The third-order valence-electron chi connectivity index (χ3n) is 3.89. The molecule has 0 bridgehead atoms. The van der Waals surface area contributed by atoms with E-state index in [9.17, 15) is 9.59 Å². The summed E-state index contributed by atoms with van der Waals surface area (Å²) in [6.07, 6.45) is 3.48. The Morgan fingerprint density at radius 2 is 1.28 bits per heavy atom. The minimum absolute atomic E-state index is 0.132. The lowest BCUT2D eigenvalue weighted by molar-refractivity contribution is 0.0635. The first-order valence-electron chi connectivity index (χ1n) is 8.09. The predicted octanol–water partition coefficient (Wildman–Crippen LogP) is 1.02. The summed E-state index contributed by atoms with van der Waals surface area (Å²) < 4.78 is 3.21. The molecule has 0 radical (unpaired) electrons. The van der Waals surface area contributed by atoms with Crippen molar-refractivity contribution < 1.29 is 9.59 Å². The molecule has 2 rings (SSSR count). The van der Waals surface area contributed by atoms with E-state index in [-0.39, 0.29) is 17.2 Å². The van der Waals surface area contributed by atoms with Crippen LogP contribution in [0.15, 0.2) is 24.5 Å². The fourth-order valence-electron chi connectivity index (χ4n) is 2.93. The number of hydrogen-bond acceptors (Lipinski definition) is 4. The van der Waals surface area contributed by atoms with E-state index >= 15 is 0 Å². The van der Waals surface area contributed by atoms with Gasteiger partial charge in [-0.3, -0.25) is 19.0 Å². The zero-order chi connectivity index (χ0) is 18.8. The van der Waals surface area contributed by atoms with Gasteiger partial charge in [-0.2, -0.15) is 10.2 Å². The molecule has 8 nitrogen and oxygen atoms in total. The lowest BCUT2D eigenvalue weighted by atomic mass is 9.92. The molecule has 0 aliphatic rings. The number of carbonyl (C=O) groups is 2. The fraction of sp³-hybridized carbons (Fsp3) is 0.529. The number of carbonyl (C=O) groups excluding carboxylic acids is 2. The van der Waals surface area contributed by atoms with Gasteiger partial charge in [-0.05, 0) is 17.5 Å². The van der Waals surface area contributed by atoms with Gasteiger partial charge in [0.05, 0.1) is 0 Å². The van der Waals surface area contributed by atoms with Gasteiger partial charge in [0.25, 0.3) is 11.8 Å². The van der Waals surface area contributed by atoms with E-state index in [1.807, 2.05) is 13.8 Å². The minimum Gasteiger partial charge on any atom is -0.340 e. The van der Waals surface area contributed by atoms with Gasteiger partial charge in [-0.15, -0.1) is 0 Å². The normalized spacial score (nSPS) is 11.4. The van der Waals surface area contributed by atoms with Crippen molar-refractivity contribution in [2.24, 2.45) is 19.5 Å². The molecule has 8 heteroatoms. The van der Waals surface area contributed by atoms with Crippen LogP contribution >= 0.6 is 0 Å². The summed E-state index contributed by atoms with van der Waals surface area (Å²) in [7, 11) is 7.05. The highest BCUT2D eigenvalue weighted by molar-refractivity contribution is 5.92. The summed E-state index contributed by atoms with van der Waals surface area (Å²) in [5, 5.41) is 8.29. The van der Waals surface area contributed by atoms with Crippen molar-refractivity contribution >= 4 is 11.8 Å². The Balaban J connectivity index is 1.98. The molecule has 2 amide bonds. The molecule has 2 aromatic heterocycles. The average molecular weight is 346 g/mol. The van der Waals surface area contributed by atoms with Crippen molar-refractivity contribution in [1.82, 2.24) is 29.4 Å². The van der Waals surface area contributed by atoms with Crippen LogP contribution in [0.5, 0.6) is 0 Å². The van der Waals surface area contributed by atoms with Gasteiger partial charge < -0.3 is 9.80 Å². The lowest BCUT2D eigenvalue weighted by Gasteiger charge is -2.33. The fourth-order valence-corrected chi connectivity index (χ4v) is 2.93. The largest absolute Gasteiger partial charge is 0.340 e. The first-order chi connectivity index (χ1) is 11.6. The maximum Gasteiger partial charge on any atom is 0.274 e. The van der Waals surface area contributed by atoms with Gasteiger partial charge in [0.1, 0.15) is 11.4 Å². The van der Waals surface area contributed by atoms with E-state index in [1.165, 1.54) is 0 Å². The summed E-state index contributed by atoms with van der Waals surface area (Å²) >= 11 is 0. The third-order valence-corrected chi connectivity index (χ3v) is 3.89. The number of hydrogen-bond donors (Lipinski definition) is 0. The molecular formula is C17H26N6O2. The quantitative estimate of drug-likeness (QED) is 0.783. The van der Waals surface area contributed by atoms with Crippen LogP contribution in [-0.4, -0.2) is 68.4 Å². The molecule has 0 aliphatic carbocycles. The van der Waals surface area contributed by atoms with Crippen LogP contribution in [0.25, 0.3) is 0 Å². The minimum atomic E-state index is -0.279. The maximum absolute atomic E-state index is 12.4. The number of rotatable bonds is 6.